The third-order valence-corrected chi connectivity index (χ3v) is 4.46. The predicted molar refractivity (Wildman–Crippen MR) is 89.6 cm³/mol. The van der Waals surface area contributed by atoms with E-state index in [2.05, 4.69) is 38.1 Å². The standard InChI is InChI=1S/C19H28NO2/c1-15(2)13-17-9-10-18(16-7-5-4-6-8-16)14-20(19(17)21)11-12-22-3/h4-8,17-18H,9-14H2,1-3H3. The highest BCUT2D eigenvalue weighted by Gasteiger charge is 2.31. The van der Waals surface area contributed by atoms with E-state index in [1.807, 2.05) is 11.0 Å². The van der Waals surface area contributed by atoms with Gasteiger partial charge in [-0.1, -0.05) is 44.2 Å². The van der Waals surface area contributed by atoms with Crippen LogP contribution in [0.1, 0.15) is 44.6 Å². The van der Waals surface area contributed by atoms with Gasteiger partial charge in [-0.25, -0.2) is 0 Å². The van der Waals surface area contributed by atoms with E-state index in [4.69, 9.17) is 4.74 Å². The van der Waals surface area contributed by atoms with Gasteiger partial charge < -0.3 is 9.64 Å². The topological polar surface area (TPSA) is 29.5 Å². The fourth-order valence-corrected chi connectivity index (χ4v) is 3.31. The van der Waals surface area contributed by atoms with Crippen molar-refractivity contribution in [2.45, 2.75) is 39.0 Å². The fourth-order valence-electron chi connectivity index (χ4n) is 3.31. The number of carbonyl (C=O) groups excluding carboxylic acids is 1. The van der Waals surface area contributed by atoms with Crippen LogP contribution in [-0.2, 0) is 9.53 Å². The summed E-state index contributed by atoms with van der Waals surface area (Å²) in [5, 5.41) is 0. The van der Waals surface area contributed by atoms with E-state index in [-0.39, 0.29) is 5.92 Å². The van der Waals surface area contributed by atoms with Gasteiger partial charge in [0.1, 0.15) is 0 Å². The Morgan fingerprint density at radius 2 is 1.95 bits per heavy atom. The van der Waals surface area contributed by atoms with Crippen molar-refractivity contribution < 1.29 is 9.53 Å². The molecule has 2 unspecified atom stereocenters. The molecule has 0 saturated carbocycles. The van der Waals surface area contributed by atoms with Crippen LogP contribution < -0.4 is 0 Å². The summed E-state index contributed by atoms with van der Waals surface area (Å²) in [7, 11) is 1.69. The van der Waals surface area contributed by atoms with Gasteiger partial charge >= 0.3 is 0 Å². The fraction of sp³-hybridized carbons (Fsp3) is 0.579. The number of hydrogen-bond donors (Lipinski definition) is 0. The number of ether oxygens (including phenoxy) is 1. The maximum absolute atomic E-state index is 12.8. The molecule has 1 heterocycles. The molecule has 1 aromatic carbocycles. The molecule has 121 valence electrons. The lowest BCUT2D eigenvalue weighted by Gasteiger charge is -2.26. The molecule has 3 nitrogen and oxygen atoms in total. The van der Waals surface area contributed by atoms with Crippen LogP contribution in [-0.4, -0.2) is 37.6 Å². The van der Waals surface area contributed by atoms with Crippen LogP contribution in [0.5, 0.6) is 0 Å². The summed E-state index contributed by atoms with van der Waals surface area (Å²) in [6, 6.07) is 10.6. The quantitative estimate of drug-likeness (QED) is 0.802. The Morgan fingerprint density at radius 1 is 1.23 bits per heavy atom. The maximum atomic E-state index is 12.8. The van der Waals surface area contributed by atoms with Crippen LogP contribution in [0.15, 0.2) is 30.3 Å². The van der Waals surface area contributed by atoms with Gasteiger partial charge in [-0.15, -0.1) is 0 Å². The number of amides is 1. The van der Waals surface area contributed by atoms with E-state index < -0.39 is 0 Å². The summed E-state index contributed by atoms with van der Waals surface area (Å²) in [5.74, 6) is 2.21. The Labute approximate surface area is 134 Å². The summed E-state index contributed by atoms with van der Waals surface area (Å²) < 4.78 is 5.19. The minimum atomic E-state index is 0.135. The zero-order valence-electron chi connectivity index (χ0n) is 14.0. The van der Waals surface area contributed by atoms with E-state index in [0.717, 1.165) is 25.8 Å². The average molecular weight is 302 g/mol. The molecule has 0 N–H and O–H groups in total. The normalized spacial score (nSPS) is 22.9. The molecule has 1 aliphatic rings. The van der Waals surface area contributed by atoms with Crippen molar-refractivity contribution in [2.24, 2.45) is 5.92 Å². The highest BCUT2D eigenvalue weighted by molar-refractivity contribution is 5.79. The van der Waals surface area contributed by atoms with Crippen molar-refractivity contribution in [2.75, 3.05) is 26.8 Å². The van der Waals surface area contributed by atoms with Crippen molar-refractivity contribution in [3.8, 4) is 0 Å². The van der Waals surface area contributed by atoms with Gasteiger partial charge in [-0.3, -0.25) is 4.79 Å². The first kappa shape index (κ1) is 17.0. The SMILES string of the molecule is COCCN1CC(c2ccccc2)CCC(C[C](C)C)C1=O. The van der Waals surface area contributed by atoms with Gasteiger partial charge in [-0.2, -0.15) is 0 Å². The highest BCUT2D eigenvalue weighted by atomic mass is 16.5. The molecule has 1 saturated heterocycles. The molecule has 0 bridgehead atoms. The molecule has 2 rings (SSSR count). The lowest BCUT2D eigenvalue weighted by atomic mass is 9.88. The van der Waals surface area contributed by atoms with Crippen LogP contribution in [0, 0.1) is 11.8 Å². The monoisotopic (exact) mass is 302 g/mol. The Morgan fingerprint density at radius 3 is 2.59 bits per heavy atom. The minimum Gasteiger partial charge on any atom is -0.383 e. The van der Waals surface area contributed by atoms with Gasteiger partial charge in [0.25, 0.3) is 0 Å². The molecule has 0 aromatic heterocycles. The van der Waals surface area contributed by atoms with Gasteiger partial charge in [-0.05, 0) is 30.7 Å². The summed E-state index contributed by atoms with van der Waals surface area (Å²) in [6.07, 6.45) is 2.97. The first-order valence-corrected chi connectivity index (χ1v) is 8.23. The number of carbonyl (C=O) groups is 1. The summed E-state index contributed by atoms with van der Waals surface area (Å²) in [6.45, 7) is 6.34. The van der Waals surface area contributed by atoms with E-state index in [1.54, 1.807) is 7.11 Å². The van der Waals surface area contributed by atoms with Crippen molar-refractivity contribution in [3.05, 3.63) is 41.8 Å². The lowest BCUT2D eigenvalue weighted by Crippen LogP contribution is -2.38. The van der Waals surface area contributed by atoms with Crippen LogP contribution in [0.4, 0.5) is 0 Å². The van der Waals surface area contributed by atoms with E-state index >= 15 is 0 Å². The van der Waals surface area contributed by atoms with Gasteiger partial charge in [0.2, 0.25) is 5.91 Å². The minimum absolute atomic E-state index is 0.135. The number of benzene rings is 1. The van der Waals surface area contributed by atoms with Crippen LogP contribution in [0.2, 0.25) is 0 Å². The number of likely N-dealkylation sites (tertiary alicyclic amines) is 1. The number of rotatable bonds is 6. The van der Waals surface area contributed by atoms with E-state index in [1.165, 1.54) is 11.5 Å². The zero-order valence-corrected chi connectivity index (χ0v) is 14.0. The Bertz CT molecular complexity index is 458. The Balaban J connectivity index is 2.15. The molecule has 0 spiro atoms. The van der Waals surface area contributed by atoms with Gasteiger partial charge in [0.05, 0.1) is 6.61 Å². The summed E-state index contributed by atoms with van der Waals surface area (Å²) in [4.78, 5) is 14.8. The molecule has 0 aliphatic carbocycles. The molecule has 3 heteroatoms. The Hall–Kier alpha value is -1.35. The van der Waals surface area contributed by atoms with Crippen molar-refractivity contribution in [3.63, 3.8) is 0 Å². The molecular formula is C19H28NO2. The zero-order chi connectivity index (χ0) is 15.9. The van der Waals surface area contributed by atoms with Crippen LogP contribution in [0.25, 0.3) is 0 Å². The first-order valence-electron chi connectivity index (χ1n) is 8.23. The van der Waals surface area contributed by atoms with Crippen LogP contribution >= 0.6 is 0 Å². The molecule has 1 amide bonds. The molecule has 1 fully saturated rings. The second-order valence-electron chi connectivity index (χ2n) is 6.57. The van der Waals surface area contributed by atoms with E-state index in [9.17, 15) is 4.79 Å². The molecule has 22 heavy (non-hydrogen) atoms. The second-order valence-corrected chi connectivity index (χ2v) is 6.57. The molecule has 1 aliphatic heterocycles. The predicted octanol–water partition coefficient (Wildman–Crippen LogP) is 3.66. The molecule has 1 radical (unpaired) electrons. The van der Waals surface area contributed by atoms with Crippen LogP contribution in [0.3, 0.4) is 0 Å². The maximum Gasteiger partial charge on any atom is 0.225 e. The first-order chi connectivity index (χ1) is 10.6. The number of methoxy groups -OCH3 is 1. The third-order valence-electron chi connectivity index (χ3n) is 4.46. The molecule has 1 aromatic rings. The molecular weight excluding hydrogens is 274 g/mol. The largest absolute Gasteiger partial charge is 0.383 e. The van der Waals surface area contributed by atoms with Gasteiger partial charge in [0.15, 0.2) is 0 Å². The highest BCUT2D eigenvalue weighted by Crippen LogP contribution is 2.32. The van der Waals surface area contributed by atoms with Gasteiger partial charge in [0, 0.05) is 32.0 Å². The average Bonchev–Trinajstić information content (AvgIpc) is 2.66. The summed E-state index contributed by atoms with van der Waals surface area (Å²) >= 11 is 0. The number of hydrogen-bond acceptors (Lipinski definition) is 2. The summed E-state index contributed by atoms with van der Waals surface area (Å²) in [5.41, 5.74) is 1.34. The van der Waals surface area contributed by atoms with E-state index in [0.29, 0.717) is 25.0 Å². The third kappa shape index (κ3) is 4.57. The van der Waals surface area contributed by atoms with Crippen molar-refractivity contribution >= 4 is 5.91 Å². The second kappa shape index (κ2) is 8.33. The number of nitrogens with zero attached hydrogens (tertiary/aromatic N) is 1. The molecule has 2 atom stereocenters. The van der Waals surface area contributed by atoms with Crippen molar-refractivity contribution in [1.29, 1.82) is 0 Å². The smallest absolute Gasteiger partial charge is 0.225 e. The lowest BCUT2D eigenvalue weighted by molar-refractivity contribution is -0.135. The Kier molecular flexibility index (Phi) is 6.44. The van der Waals surface area contributed by atoms with Crippen molar-refractivity contribution in [1.82, 2.24) is 4.90 Å².